The fourth-order valence-corrected chi connectivity index (χ4v) is 2.66. The molecule has 8 heteroatoms. The maximum atomic E-state index is 12.4. The molecule has 2 aromatic carbocycles. The molecule has 25 heavy (non-hydrogen) atoms. The van der Waals surface area contributed by atoms with Crippen LogP contribution in [0.4, 0.5) is 11.5 Å². The van der Waals surface area contributed by atoms with E-state index in [0.29, 0.717) is 22.3 Å². The van der Waals surface area contributed by atoms with Gasteiger partial charge in [0, 0.05) is 15.7 Å². The molecule has 0 atom stereocenters. The summed E-state index contributed by atoms with van der Waals surface area (Å²) in [7, 11) is 0. The molecule has 0 fully saturated rings. The van der Waals surface area contributed by atoms with Gasteiger partial charge in [0.05, 0.1) is 6.54 Å². The Labute approximate surface area is 154 Å². The summed E-state index contributed by atoms with van der Waals surface area (Å²) in [5.41, 5.74) is 8.46. The van der Waals surface area contributed by atoms with Crippen molar-refractivity contribution in [3.63, 3.8) is 0 Å². The van der Waals surface area contributed by atoms with Crippen LogP contribution in [0.1, 0.15) is 21.6 Å². The van der Waals surface area contributed by atoms with Gasteiger partial charge in [-0.05, 0) is 42.3 Å². The fourth-order valence-electron chi connectivity index (χ4n) is 2.27. The Morgan fingerprint density at radius 1 is 1.24 bits per heavy atom. The molecule has 3 rings (SSSR count). The first-order chi connectivity index (χ1) is 11.9. The minimum Gasteiger partial charge on any atom is -0.382 e. The Bertz CT molecular complexity index is 939. The highest BCUT2D eigenvalue weighted by Crippen LogP contribution is 2.21. The van der Waals surface area contributed by atoms with Crippen LogP contribution in [-0.4, -0.2) is 20.9 Å². The lowest BCUT2D eigenvalue weighted by molar-refractivity contribution is 0.102. The van der Waals surface area contributed by atoms with Crippen LogP contribution in [0, 0.1) is 6.92 Å². The number of hydrogen-bond acceptors (Lipinski definition) is 4. The number of amides is 1. The summed E-state index contributed by atoms with van der Waals surface area (Å²) < 4.78 is 1.45. The molecule has 0 aliphatic rings. The number of anilines is 2. The number of benzene rings is 2. The van der Waals surface area contributed by atoms with Gasteiger partial charge in [0.15, 0.2) is 11.5 Å². The van der Waals surface area contributed by atoms with Crippen molar-refractivity contribution in [2.24, 2.45) is 0 Å². The minimum atomic E-state index is -0.449. The molecule has 0 radical (unpaired) electrons. The summed E-state index contributed by atoms with van der Waals surface area (Å²) in [6.45, 7) is 2.25. The van der Waals surface area contributed by atoms with Crippen LogP contribution in [0.3, 0.4) is 0 Å². The van der Waals surface area contributed by atoms with E-state index >= 15 is 0 Å². The molecule has 0 bridgehead atoms. The molecule has 128 valence electrons. The molecule has 1 heterocycles. The number of hydrogen-bond donors (Lipinski definition) is 2. The van der Waals surface area contributed by atoms with Crippen molar-refractivity contribution in [3.05, 3.63) is 69.3 Å². The molecule has 1 amide bonds. The summed E-state index contributed by atoms with van der Waals surface area (Å²) in [6, 6.07) is 12.5. The number of carbonyl (C=O) groups is 1. The van der Waals surface area contributed by atoms with Crippen LogP contribution in [-0.2, 0) is 6.54 Å². The Morgan fingerprint density at radius 2 is 2.04 bits per heavy atom. The van der Waals surface area contributed by atoms with Crippen molar-refractivity contribution >= 4 is 40.6 Å². The van der Waals surface area contributed by atoms with Crippen LogP contribution in [0.2, 0.25) is 10.0 Å². The Kier molecular flexibility index (Phi) is 4.92. The van der Waals surface area contributed by atoms with Crippen molar-refractivity contribution < 1.29 is 4.79 Å². The molecule has 0 unspecified atom stereocenters. The van der Waals surface area contributed by atoms with Gasteiger partial charge in [-0.15, -0.1) is 5.10 Å². The van der Waals surface area contributed by atoms with Crippen LogP contribution in [0.25, 0.3) is 0 Å². The molecule has 0 saturated heterocycles. The van der Waals surface area contributed by atoms with Crippen LogP contribution in [0.15, 0.2) is 42.5 Å². The lowest BCUT2D eigenvalue weighted by Crippen LogP contribution is -2.15. The third-order valence-electron chi connectivity index (χ3n) is 3.64. The van der Waals surface area contributed by atoms with Gasteiger partial charge in [-0.2, -0.15) is 0 Å². The summed E-state index contributed by atoms with van der Waals surface area (Å²) in [6.07, 6.45) is 0. The summed E-state index contributed by atoms with van der Waals surface area (Å²) in [5.74, 6) is -0.273. The van der Waals surface area contributed by atoms with E-state index < -0.39 is 5.91 Å². The zero-order chi connectivity index (χ0) is 18.0. The highest BCUT2D eigenvalue weighted by molar-refractivity contribution is 6.31. The molecule has 0 aliphatic heterocycles. The Hall–Kier alpha value is -2.57. The number of aromatic nitrogens is 3. The lowest BCUT2D eigenvalue weighted by atomic mass is 10.2. The van der Waals surface area contributed by atoms with E-state index in [1.807, 2.05) is 25.1 Å². The van der Waals surface area contributed by atoms with Gasteiger partial charge < -0.3 is 11.1 Å². The largest absolute Gasteiger partial charge is 0.382 e. The maximum Gasteiger partial charge on any atom is 0.280 e. The highest BCUT2D eigenvalue weighted by atomic mass is 35.5. The topological polar surface area (TPSA) is 85.8 Å². The van der Waals surface area contributed by atoms with Gasteiger partial charge in [-0.3, -0.25) is 4.79 Å². The summed E-state index contributed by atoms with van der Waals surface area (Å²) in [4.78, 5) is 12.4. The molecule has 1 aromatic heterocycles. The second kappa shape index (κ2) is 7.13. The number of nitrogen functional groups attached to an aromatic ring is 1. The van der Waals surface area contributed by atoms with E-state index in [1.165, 1.54) is 4.68 Å². The molecule has 6 nitrogen and oxygen atoms in total. The fraction of sp³-hybridized carbons (Fsp3) is 0.118. The number of rotatable bonds is 4. The van der Waals surface area contributed by atoms with E-state index in [0.717, 1.165) is 11.1 Å². The van der Waals surface area contributed by atoms with Gasteiger partial charge in [-0.25, -0.2) is 4.68 Å². The predicted molar refractivity (Wildman–Crippen MR) is 99.1 cm³/mol. The van der Waals surface area contributed by atoms with Gasteiger partial charge >= 0.3 is 0 Å². The highest BCUT2D eigenvalue weighted by Gasteiger charge is 2.18. The van der Waals surface area contributed by atoms with E-state index in [9.17, 15) is 4.79 Å². The van der Waals surface area contributed by atoms with Gasteiger partial charge in [-0.1, -0.05) is 46.6 Å². The SMILES string of the molecule is Cc1ccc(NC(=O)c2nnn(Cc3cccc(Cl)c3)c2N)cc1Cl. The van der Waals surface area contributed by atoms with Gasteiger partial charge in [0.2, 0.25) is 0 Å². The lowest BCUT2D eigenvalue weighted by Gasteiger charge is -2.06. The standard InChI is InChI=1S/C17H15Cl2N5O/c1-10-5-6-13(8-14(10)19)21-17(25)15-16(20)24(23-22-15)9-11-3-2-4-12(18)7-11/h2-8H,9,20H2,1H3,(H,21,25). The zero-order valence-electron chi connectivity index (χ0n) is 13.3. The van der Waals surface area contributed by atoms with Crippen LogP contribution < -0.4 is 11.1 Å². The molecule has 3 aromatic rings. The first kappa shape index (κ1) is 17.3. The Morgan fingerprint density at radius 3 is 2.76 bits per heavy atom. The van der Waals surface area contributed by atoms with Gasteiger partial charge in [0.25, 0.3) is 5.91 Å². The number of halogens is 2. The predicted octanol–water partition coefficient (Wildman–Crippen LogP) is 3.78. The second-order valence-corrected chi connectivity index (χ2v) is 6.37. The number of nitrogens with two attached hydrogens (primary N) is 1. The van der Waals surface area contributed by atoms with E-state index in [-0.39, 0.29) is 11.5 Å². The molecule has 0 aliphatic carbocycles. The quantitative estimate of drug-likeness (QED) is 0.726. The average Bonchev–Trinajstić information content (AvgIpc) is 2.92. The average molecular weight is 376 g/mol. The normalized spacial score (nSPS) is 10.7. The molecule has 0 spiro atoms. The number of nitrogens with zero attached hydrogens (tertiary/aromatic N) is 3. The van der Waals surface area contributed by atoms with E-state index in [1.54, 1.807) is 24.3 Å². The first-order valence-electron chi connectivity index (χ1n) is 7.45. The maximum absolute atomic E-state index is 12.4. The molecule has 0 saturated carbocycles. The van der Waals surface area contributed by atoms with Crippen LogP contribution in [0.5, 0.6) is 0 Å². The molecule has 3 N–H and O–H groups in total. The molecular weight excluding hydrogens is 361 g/mol. The van der Waals surface area contributed by atoms with E-state index in [2.05, 4.69) is 15.6 Å². The van der Waals surface area contributed by atoms with E-state index in [4.69, 9.17) is 28.9 Å². The number of carbonyl (C=O) groups excluding carboxylic acids is 1. The number of nitrogens with one attached hydrogen (secondary N) is 1. The van der Waals surface area contributed by atoms with Crippen molar-refractivity contribution in [2.75, 3.05) is 11.1 Å². The second-order valence-electron chi connectivity index (χ2n) is 5.53. The summed E-state index contributed by atoms with van der Waals surface area (Å²) in [5, 5.41) is 11.7. The van der Waals surface area contributed by atoms with Crippen LogP contribution >= 0.6 is 23.2 Å². The Balaban J connectivity index is 1.77. The first-order valence-corrected chi connectivity index (χ1v) is 8.20. The van der Waals surface area contributed by atoms with Crippen molar-refractivity contribution in [2.45, 2.75) is 13.5 Å². The monoisotopic (exact) mass is 375 g/mol. The third-order valence-corrected chi connectivity index (χ3v) is 4.28. The molecular formula is C17H15Cl2N5O. The number of aryl methyl sites for hydroxylation is 1. The third kappa shape index (κ3) is 3.92. The summed E-state index contributed by atoms with van der Waals surface area (Å²) >= 11 is 12.0. The van der Waals surface area contributed by atoms with Crippen molar-refractivity contribution in [1.82, 2.24) is 15.0 Å². The van der Waals surface area contributed by atoms with Gasteiger partial charge in [0.1, 0.15) is 0 Å². The smallest absolute Gasteiger partial charge is 0.280 e. The van der Waals surface area contributed by atoms with Crippen molar-refractivity contribution in [1.29, 1.82) is 0 Å². The van der Waals surface area contributed by atoms with Crippen molar-refractivity contribution in [3.8, 4) is 0 Å². The minimum absolute atomic E-state index is 0.0544. The zero-order valence-corrected chi connectivity index (χ0v) is 14.8.